The van der Waals surface area contributed by atoms with E-state index in [1.165, 1.54) is 0 Å². The van der Waals surface area contributed by atoms with E-state index in [-0.39, 0.29) is 17.9 Å². The second-order valence-corrected chi connectivity index (χ2v) is 11.2. The highest BCUT2D eigenvalue weighted by Crippen LogP contribution is 2.30. The van der Waals surface area contributed by atoms with Crippen LogP contribution in [0.1, 0.15) is 29.5 Å². The van der Waals surface area contributed by atoms with E-state index in [0.717, 1.165) is 52.3 Å². The van der Waals surface area contributed by atoms with Gasteiger partial charge < -0.3 is 26.2 Å². The van der Waals surface area contributed by atoms with E-state index in [2.05, 4.69) is 36.2 Å². The molecule has 0 unspecified atom stereocenters. The molecule has 1 fully saturated rings. The van der Waals surface area contributed by atoms with Gasteiger partial charge in [0.15, 0.2) is 5.82 Å². The molecule has 11 heteroatoms. The molecule has 1 atom stereocenters. The van der Waals surface area contributed by atoms with E-state index in [1.807, 2.05) is 61.7 Å². The summed E-state index contributed by atoms with van der Waals surface area (Å²) in [5.74, 6) is 0.895. The number of fused-ring (bicyclic) bond motifs is 6. The van der Waals surface area contributed by atoms with Crippen LogP contribution in [0.15, 0.2) is 67.1 Å². The van der Waals surface area contributed by atoms with Gasteiger partial charge >= 0.3 is 6.03 Å². The van der Waals surface area contributed by atoms with Crippen molar-refractivity contribution in [1.29, 1.82) is 0 Å². The number of anilines is 6. The summed E-state index contributed by atoms with van der Waals surface area (Å²) in [4.78, 5) is 40.8. The first kappa shape index (κ1) is 27.5. The van der Waals surface area contributed by atoms with Gasteiger partial charge in [-0.1, -0.05) is 29.3 Å². The predicted octanol–water partition coefficient (Wildman–Crippen LogP) is 6.30. The fraction of sp³-hybridized carbons (Fsp3) is 0.258. The Morgan fingerprint density at radius 3 is 2.71 bits per heavy atom. The molecule has 6 rings (SSSR count). The smallest absolute Gasteiger partial charge is 0.321 e. The molecular formula is C31H31ClN8O2. The second-order valence-electron chi connectivity index (χ2n) is 10.7. The van der Waals surface area contributed by atoms with Crippen LogP contribution >= 0.6 is 11.6 Å². The Morgan fingerprint density at radius 2 is 1.86 bits per heavy atom. The van der Waals surface area contributed by atoms with Crippen molar-refractivity contribution in [1.82, 2.24) is 19.9 Å². The average molecular weight is 583 g/mol. The summed E-state index contributed by atoms with van der Waals surface area (Å²) < 4.78 is 0. The summed E-state index contributed by atoms with van der Waals surface area (Å²) in [7, 11) is 0. The van der Waals surface area contributed by atoms with Crippen LogP contribution in [0.3, 0.4) is 0 Å². The minimum Gasteiger partial charge on any atom is -0.339 e. The van der Waals surface area contributed by atoms with Crippen LogP contribution in [0.25, 0.3) is 0 Å². The van der Waals surface area contributed by atoms with Crippen molar-refractivity contribution < 1.29 is 9.59 Å². The van der Waals surface area contributed by atoms with Crippen molar-refractivity contribution in [2.75, 3.05) is 34.4 Å². The highest BCUT2D eigenvalue weighted by molar-refractivity contribution is 6.32. The maximum absolute atomic E-state index is 13.2. The van der Waals surface area contributed by atoms with Crippen LogP contribution in [0, 0.1) is 12.8 Å². The Labute approximate surface area is 248 Å². The fourth-order valence-electron chi connectivity index (χ4n) is 5.24. The normalized spacial score (nSPS) is 15.8. The third-order valence-corrected chi connectivity index (χ3v) is 7.75. The zero-order valence-electron chi connectivity index (χ0n) is 23.2. The maximum Gasteiger partial charge on any atom is 0.321 e. The number of amides is 3. The molecule has 0 spiro atoms. The van der Waals surface area contributed by atoms with Crippen molar-refractivity contribution in [3.05, 3.63) is 88.8 Å². The molecule has 4 heterocycles. The Balaban J connectivity index is 1.13. The van der Waals surface area contributed by atoms with E-state index < -0.39 is 0 Å². The quantitative estimate of drug-likeness (QED) is 0.222. The van der Waals surface area contributed by atoms with Crippen molar-refractivity contribution in [3.8, 4) is 0 Å². The molecule has 0 radical (unpaired) electrons. The van der Waals surface area contributed by atoms with Gasteiger partial charge in [0.25, 0.3) is 0 Å². The zero-order valence-corrected chi connectivity index (χ0v) is 23.9. The molecule has 0 aliphatic carbocycles. The minimum atomic E-state index is -0.138. The van der Waals surface area contributed by atoms with Crippen LogP contribution in [-0.2, 0) is 17.6 Å². The van der Waals surface area contributed by atoms with Gasteiger partial charge in [-0.25, -0.2) is 9.78 Å². The Kier molecular flexibility index (Phi) is 7.87. The van der Waals surface area contributed by atoms with Crippen molar-refractivity contribution in [2.45, 2.75) is 32.6 Å². The van der Waals surface area contributed by atoms with Crippen molar-refractivity contribution in [3.63, 3.8) is 0 Å². The predicted molar refractivity (Wildman–Crippen MR) is 165 cm³/mol. The summed E-state index contributed by atoms with van der Waals surface area (Å²) in [6, 6.07) is 15.4. The average Bonchev–Trinajstić information content (AvgIpc) is 3.44. The van der Waals surface area contributed by atoms with Gasteiger partial charge in [0.2, 0.25) is 11.9 Å². The molecule has 214 valence electrons. The molecule has 6 bridgehead atoms. The van der Waals surface area contributed by atoms with E-state index in [1.54, 1.807) is 17.3 Å². The number of aryl methyl sites for hydroxylation is 3. The van der Waals surface area contributed by atoms with E-state index >= 15 is 0 Å². The molecule has 2 aliphatic heterocycles. The SMILES string of the molecule is Cc1ccc(NC(=O)N2CC[C@@H](CC(=O)Nc3ccc4cc3CCc3cncc(c3)Nc3ncc(Cl)c(n3)N4)C2)cc1. The number of nitrogens with zero attached hydrogens (tertiary/aromatic N) is 4. The standard InChI is InChI=1S/C31H31ClN8O2/c1-19-2-6-23(7-3-19)37-31(42)40-11-10-21(18-40)13-28(41)38-27-9-8-24-14-22(27)5-4-20-12-25(16-33-15-20)36-30-34-17-26(32)29(35-24)39-30/h2-3,6-9,12,14-17,21H,4-5,10-11,13,18H2,1H3,(H,37,42)(H,38,41)(H2,34,35,36,39)/t21-/m0/s1. The number of benzene rings is 2. The van der Waals surface area contributed by atoms with E-state index in [9.17, 15) is 9.59 Å². The van der Waals surface area contributed by atoms with Crippen LogP contribution in [0.5, 0.6) is 0 Å². The Bertz CT molecular complexity index is 1630. The zero-order chi connectivity index (χ0) is 29.1. The largest absolute Gasteiger partial charge is 0.339 e. The first-order chi connectivity index (χ1) is 20.4. The van der Waals surface area contributed by atoms with E-state index in [4.69, 9.17) is 11.6 Å². The number of nitrogens with one attached hydrogen (secondary N) is 4. The highest BCUT2D eigenvalue weighted by Gasteiger charge is 2.28. The first-order valence-corrected chi connectivity index (χ1v) is 14.3. The maximum atomic E-state index is 13.2. The number of hydrogen-bond donors (Lipinski definition) is 4. The first-order valence-electron chi connectivity index (χ1n) is 13.9. The molecule has 2 aliphatic rings. The molecule has 10 nitrogen and oxygen atoms in total. The van der Waals surface area contributed by atoms with Crippen molar-refractivity contribution >= 4 is 58.1 Å². The summed E-state index contributed by atoms with van der Waals surface area (Å²) in [5, 5.41) is 12.9. The Hall–Kier alpha value is -4.70. The molecule has 1 saturated heterocycles. The number of carbonyl (C=O) groups excluding carboxylic acids is 2. The minimum absolute atomic E-state index is 0.0722. The van der Waals surface area contributed by atoms with Gasteiger partial charge in [-0.3, -0.25) is 9.78 Å². The number of halogens is 1. The number of likely N-dealkylation sites (tertiary alicyclic amines) is 1. The van der Waals surface area contributed by atoms with E-state index in [0.29, 0.717) is 42.7 Å². The lowest BCUT2D eigenvalue weighted by Crippen LogP contribution is -2.33. The molecule has 4 N–H and O–H groups in total. The monoisotopic (exact) mass is 582 g/mol. The van der Waals surface area contributed by atoms with Crippen LogP contribution < -0.4 is 21.3 Å². The molecule has 0 saturated carbocycles. The van der Waals surface area contributed by atoms with Gasteiger partial charge in [-0.05, 0) is 79.6 Å². The molecule has 3 amide bonds. The summed E-state index contributed by atoms with van der Waals surface area (Å²) >= 11 is 6.38. The van der Waals surface area contributed by atoms with Crippen LogP contribution in [0.2, 0.25) is 5.02 Å². The van der Waals surface area contributed by atoms with Gasteiger partial charge in [0.1, 0.15) is 5.02 Å². The number of pyridine rings is 1. The molecule has 4 aromatic rings. The lowest BCUT2D eigenvalue weighted by Gasteiger charge is -2.18. The summed E-state index contributed by atoms with van der Waals surface area (Å²) in [5.41, 5.74) is 6.24. The van der Waals surface area contributed by atoms with Crippen LogP contribution in [0.4, 0.5) is 39.3 Å². The number of carbonyl (C=O) groups is 2. The van der Waals surface area contributed by atoms with Gasteiger partial charge in [0, 0.05) is 42.8 Å². The van der Waals surface area contributed by atoms with Crippen LogP contribution in [-0.4, -0.2) is 44.9 Å². The topological polar surface area (TPSA) is 124 Å². The number of urea groups is 1. The third-order valence-electron chi connectivity index (χ3n) is 7.47. The van der Waals surface area contributed by atoms with Crippen molar-refractivity contribution in [2.24, 2.45) is 5.92 Å². The lowest BCUT2D eigenvalue weighted by molar-refractivity contribution is -0.117. The third kappa shape index (κ3) is 6.60. The summed E-state index contributed by atoms with van der Waals surface area (Å²) in [6.07, 6.45) is 7.62. The highest BCUT2D eigenvalue weighted by atomic mass is 35.5. The lowest BCUT2D eigenvalue weighted by atomic mass is 10.0. The van der Waals surface area contributed by atoms with Gasteiger partial charge in [0.05, 0.1) is 18.1 Å². The Morgan fingerprint density at radius 1 is 1.00 bits per heavy atom. The molecular weight excluding hydrogens is 552 g/mol. The summed E-state index contributed by atoms with van der Waals surface area (Å²) in [6.45, 7) is 3.17. The molecule has 2 aromatic carbocycles. The second kappa shape index (κ2) is 12.0. The molecule has 2 aromatic heterocycles. The number of hydrogen-bond acceptors (Lipinski definition) is 7. The number of rotatable bonds is 4. The fourth-order valence-corrected chi connectivity index (χ4v) is 5.38. The van der Waals surface area contributed by atoms with Gasteiger partial charge in [-0.2, -0.15) is 4.98 Å². The number of aromatic nitrogens is 3. The molecule has 42 heavy (non-hydrogen) atoms. The van der Waals surface area contributed by atoms with Gasteiger partial charge in [-0.15, -0.1) is 0 Å².